The minimum atomic E-state index is -0.973. The standard InChI is InChI=1S/C24H25N5O4/c1-3-32-24(23(31)27-13-18-10-8-17(12-25)9-11-18)29-14-16(2)22(28-29)19-6-4-5-7-20(19)33-15-21(26)30/h4-11,14,24H,3,13,15H2,1-2H3,(H2,26,30)(H,27,31). The van der Waals surface area contributed by atoms with Crippen LogP contribution in [0.15, 0.2) is 54.7 Å². The van der Waals surface area contributed by atoms with Crippen molar-refractivity contribution in [2.75, 3.05) is 13.2 Å². The molecule has 3 aromatic rings. The van der Waals surface area contributed by atoms with Crippen LogP contribution < -0.4 is 15.8 Å². The molecule has 0 fully saturated rings. The number of nitrogens with one attached hydrogen (secondary N) is 1. The molecule has 0 saturated heterocycles. The number of aromatic nitrogens is 2. The van der Waals surface area contributed by atoms with Gasteiger partial charge in [-0.3, -0.25) is 9.59 Å². The molecule has 9 nitrogen and oxygen atoms in total. The lowest BCUT2D eigenvalue weighted by Gasteiger charge is -2.17. The van der Waals surface area contributed by atoms with Gasteiger partial charge < -0.3 is 20.5 Å². The normalized spacial score (nSPS) is 11.4. The molecule has 0 aliphatic rings. The van der Waals surface area contributed by atoms with Crippen LogP contribution in [0.3, 0.4) is 0 Å². The molecule has 33 heavy (non-hydrogen) atoms. The molecule has 0 spiro atoms. The largest absolute Gasteiger partial charge is 0.483 e. The number of rotatable bonds is 10. The molecule has 0 aliphatic heterocycles. The lowest BCUT2D eigenvalue weighted by atomic mass is 10.1. The van der Waals surface area contributed by atoms with E-state index in [9.17, 15) is 9.59 Å². The van der Waals surface area contributed by atoms with E-state index in [0.717, 1.165) is 11.1 Å². The Morgan fingerprint density at radius 2 is 1.94 bits per heavy atom. The zero-order valence-electron chi connectivity index (χ0n) is 18.4. The smallest absolute Gasteiger partial charge is 0.272 e. The zero-order valence-corrected chi connectivity index (χ0v) is 18.4. The predicted molar refractivity (Wildman–Crippen MR) is 121 cm³/mol. The van der Waals surface area contributed by atoms with Gasteiger partial charge in [0, 0.05) is 24.9 Å². The number of nitrogens with two attached hydrogens (primary N) is 1. The van der Waals surface area contributed by atoms with Gasteiger partial charge in [0.05, 0.1) is 17.3 Å². The lowest BCUT2D eigenvalue weighted by molar-refractivity contribution is -0.139. The first-order valence-electron chi connectivity index (χ1n) is 10.4. The fourth-order valence-electron chi connectivity index (χ4n) is 3.21. The number of benzene rings is 2. The first-order chi connectivity index (χ1) is 15.9. The Hall–Kier alpha value is -4.16. The van der Waals surface area contributed by atoms with Crippen molar-refractivity contribution in [3.63, 3.8) is 0 Å². The molecule has 170 valence electrons. The molecule has 1 heterocycles. The van der Waals surface area contributed by atoms with Crippen molar-refractivity contribution in [1.29, 1.82) is 5.26 Å². The third-order valence-electron chi connectivity index (χ3n) is 4.77. The van der Waals surface area contributed by atoms with Gasteiger partial charge in [0.15, 0.2) is 6.61 Å². The van der Waals surface area contributed by atoms with Crippen LogP contribution in [0, 0.1) is 18.3 Å². The highest BCUT2D eigenvalue weighted by molar-refractivity contribution is 5.79. The van der Waals surface area contributed by atoms with E-state index in [4.69, 9.17) is 20.5 Å². The van der Waals surface area contributed by atoms with Gasteiger partial charge in [-0.2, -0.15) is 10.4 Å². The highest BCUT2D eigenvalue weighted by atomic mass is 16.5. The fraction of sp³-hybridized carbons (Fsp3) is 0.250. The van der Waals surface area contributed by atoms with Crippen LogP contribution in [-0.2, 0) is 20.9 Å². The van der Waals surface area contributed by atoms with Gasteiger partial charge in [0.1, 0.15) is 5.75 Å². The number of aryl methyl sites for hydroxylation is 1. The Labute approximate surface area is 191 Å². The van der Waals surface area contributed by atoms with Crippen molar-refractivity contribution >= 4 is 11.8 Å². The van der Waals surface area contributed by atoms with Crippen LogP contribution in [0.1, 0.15) is 29.8 Å². The van der Waals surface area contributed by atoms with Gasteiger partial charge in [-0.25, -0.2) is 4.68 Å². The van der Waals surface area contributed by atoms with E-state index in [1.807, 2.05) is 19.1 Å². The summed E-state index contributed by atoms with van der Waals surface area (Å²) in [4.78, 5) is 24.0. The Bertz CT molecular complexity index is 1160. The van der Waals surface area contributed by atoms with Crippen LogP contribution in [0.2, 0.25) is 0 Å². The number of hydrogen-bond acceptors (Lipinski definition) is 6. The van der Waals surface area contributed by atoms with Gasteiger partial charge in [-0.05, 0) is 49.2 Å². The van der Waals surface area contributed by atoms with E-state index >= 15 is 0 Å². The molecule has 9 heteroatoms. The number of carbonyl (C=O) groups excluding carboxylic acids is 2. The number of nitrogens with zero attached hydrogens (tertiary/aromatic N) is 3. The van der Waals surface area contributed by atoms with E-state index in [1.54, 1.807) is 49.5 Å². The SMILES string of the molecule is CCOC(C(=O)NCc1ccc(C#N)cc1)n1cc(C)c(-c2ccccc2OCC(N)=O)n1. The lowest BCUT2D eigenvalue weighted by Crippen LogP contribution is -2.34. The minimum Gasteiger partial charge on any atom is -0.483 e. The molecular weight excluding hydrogens is 422 g/mol. The molecule has 3 rings (SSSR count). The van der Waals surface area contributed by atoms with Crippen LogP contribution >= 0.6 is 0 Å². The zero-order chi connectivity index (χ0) is 23.8. The second-order valence-electron chi connectivity index (χ2n) is 7.23. The van der Waals surface area contributed by atoms with Crippen molar-refractivity contribution < 1.29 is 19.1 Å². The summed E-state index contributed by atoms with van der Waals surface area (Å²) in [5, 5.41) is 16.3. The van der Waals surface area contributed by atoms with Gasteiger partial charge in [-0.15, -0.1) is 0 Å². The van der Waals surface area contributed by atoms with Crippen molar-refractivity contribution in [1.82, 2.24) is 15.1 Å². The number of para-hydroxylation sites is 1. The Morgan fingerprint density at radius 1 is 1.21 bits per heavy atom. The van der Waals surface area contributed by atoms with Crippen LogP contribution in [-0.4, -0.2) is 34.8 Å². The Balaban J connectivity index is 1.80. The van der Waals surface area contributed by atoms with Gasteiger partial charge in [-0.1, -0.05) is 24.3 Å². The highest BCUT2D eigenvalue weighted by Gasteiger charge is 2.24. The molecule has 0 aliphatic carbocycles. The summed E-state index contributed by atoms with van der Waals surface area (Å²) >= 11 is 0. The van der Waals surface area contributed by atoms with Crippen LogP contribution in [0.5, 0.6) is 5.75 Å². The summed E-state index contributed by atoms with van der Waals surface area (Å²) in [5.74, 6) is -0.473. The van der Waals surface area contributed by atoms with E-state index in [0.29, 0.717) is 29.2 Å². The molecule has 0 bridgehead atoms. The van der Waals surface area contributed by atoms with Crippen LogP contribution in [0.25, 0.3) is 11.3 Å². The van der Waals surface area contributed by atoms with Crippen molar-refractivity contribution in [3.8, 4) is 23.1 Å². The van der Waals surface area contributed by atoms with Gasteiger partial charge in [0.25, 0.3) is 11.8 Å². The molecule has 1 unspecified atom stereocenters. The number of amides is 2. The second-order valence-corrected chi connectivity index (χ2v) is 7.23. The number of hydrogen-bond donors (Lipinski definition) is 2. The third-order valence-corrected chi connectivity index (χ3v) is 4.77. The number of nitriles is 1. The van der Waals surface area contributed by atoms with Crippen molar-refractivity contribution in [2.45, 2.75) is 26.6 Å². The maximum Gasteiger partial charge on any atom is 0.272 e. The summed E-state index contributed by atoms with van der Waals surface area (Å²) in [6.45, 7) is 4.00. The average Bonchev–Trinajstić information content (AvgIpc) is 3.21. The maximum absolute atomic E-state index is 12.9. The summed E-state index contributed by atoms with van der Waals surface area (Å²) in [6, 6.07) is 16.2. The first-order valence-corrected chi connectivity index (χ1v) is 10.4. The second kappa shape index (κ2) is 10.9. The van der Waals surface area contributed by atoms with E-state index in [1.165, 1.54) is 4.68 Å². The van der Waals surface area contributed by atoms with Gasteiger partial charge in [0.2, 0.25) is 6.23 Å². The number of primary amides is 1. The summed E-state index contributed by atoms with van der Waals surface area (Å²) in [7, 11) is 0. The summed E-state index contributed by atoms with van der Waals surface area (Å²) in [5.41, 5.74) is 8.67. The molecule has 2 aromatic carbocycles. The summed E-state index contributed by atoms with van der Waals surface area (Å²) in [6.07, 6.45) is 0.751. The maximum atomic E-state index is 12.9. The topological polar surface area (TPSA) is 132 Å². The van der Waals surface area contributed by atoms with Crippen LogP contribution in [0.4, 0.5) is 0 Å². The first kappa shape index (κ1) is 23.5. The van der Waals surface area contributed by atoms with Gasteiger partial charge >= 0.3 is 0 Å². The Kier molecular flexibility index (Phi) is 7.78. The predicted octanol–water partition coefficient (Wildman–Crippen LogP) is 2.45. The highest BCUT2D eigenvalue weighted by Crippen LogP contribution is 2.31. The van der Waals surface area contributed by atoms with Crippen molar-refractivity contribution in [2.24, 2.45) is 5.73 Å². The Morgan fingerprint density at radius 3 is 2.61 bits per heavy atom. The molecule has 2 amide bonds. The quantitative estimate of drug-likeness (QED) is 0.491. The monoisotopic (exact) mass is 447 g/mol. The van der Waals surface area contributed by atoms with E-state index in [-0.39, 0.29) is 19.1 Å². The molecule has 1 atom stereocenters. The fourth-order valence-corrected chi connectivity index (χ4v) is 3.21. The third kappa shape index (κ3) is 5.96. The summed E-state index contributed by atoms with van der Waals surface area (Å²) < 4.78 is 12.7. The molecule has 0 saturated carbocycles. The minimum absolute atomic E-state index is 0.254. The molecule has 1 aromatic heterocycles. The van der Waals surface area contributed by atoms with E-state index < -0.39 is 12.1 Å². The van der Waals surface area contributed by atoms with Crippen molar-refractivity contribution in [3.05, 3.63) is 71.4 Å². The van der Waals surface area contributed by atoms with E-state index in [2.05, 4.69) is 16.5 Å². The molecular formula is C24H25N5O4. The average molecular weight is 447 g/mol. The molecule has 0 radical (unpaired) electrons. The molecule has 3 N–H and O–H groups in total. The number of ether oxygens (including phenoxy) is 2. The number of carbonyl (C=O) groups is 2.